The van der Waals surface area contributed by atoms with Crippen LogP contribution in [0, 0.1) is 27.7 Å². The third-order valence-corrected chi connectivity index (χ3v) is 8.81. The Hall–Kier alpha value is -3.76. The summed E-state index contributed by atoms with van der Waals surface area (Å²) in [6.45, 7) is 11.9. The van der Waals surface area contributed by atoms with E-state index in [1.807, 2.05) is 52.0 Å². The number of amides is 1. The molecule has 0 bridgehead atoms. The van der Waals surface area contributed by atoms with Gasteiger partial charge in [0.2, 0.25) is 10.0 Å². The van der Waals surface area contributed by atoms with Gasteiger partial charge in [-0.1, -0.05) is 32.0 Å². The lowest BCUT2D eigenvalue weighted by Gasteiger charge is -2.20. The largest absolute Gasteiger partial charge is 0.495 e. The zero-order valence-corrected chi connectivity index (χ0v) is 23.6. The number of fused-ring (bicyclic) bond motifs is 1. The van der Waals surface area contributed by atoms with Crippen molar-refractivity contribution in [2.75, 3.05) is 25.5 Å². The summed E-state index contributed by atoms with van der Waals surface area (Å²) < 4.78 is 35.5. The van der Waals surface area contributed by atoms with Crippen LogP contribution in [0.25, 0.3) is 16.8 Å². The molecule has 10 heteroatoms. The molecule has 0 spiro atoms. The van der Waals surface area contributed by atoms with E-state index in [1.165, 1.54) is 17.5 Å². The van der Waals surface area contributed by atoms with Gasteiger partial charge in [-0.3, -0.25) is 4.79 Å². The minimum absolute atomic E-state index is 0.0193. The second kappa shape index (κ2) is 10.5. The van der Waals surface area contributed by atoms with Gasteiger partial charge in [-0.25, -0.2) is 17.9 Å². The second-order valence-electron chi connectivity index (χ2n) is 9.15. The Bertz CT molecular complexity index is 1640. The molecular formula is C28H33N5O4S. The summed E-state index contributed by atoms with van der Waals surface area (Å²) in [5.74, 6) is -0.195. The molecule has 38 heavy (non-hydrogen) atoms. The summed E-state index contributed by atoms with van der Waals surface area (Å²) in [4.78, 5) is 18.4. The third-order valence-electron chi connectivity index (χ3n) is 6.74. The molecule has 2 heterocycles. The Morgan fingerprint density at radius 2 is 1.76 bits per heavy atom. The number of aryl methyl sites for hydroxylation is 3. The average molecular weight is 536 g/mol. The normalized spacial score (nSPS) is 11.8. The summed E-state index contributed by atoms with van der Waals surface area (Å²) >= 11 is 0. The monoisotopic (exact) mass is 535 g/mol. The molecule has 2 aromatic heterocycles. The van der Waals surface area contributed by atoms with Crippen LogP contribution in [-0.2, 0) is 10.0 Å². The number of sulfonamides is 1. The smallest absolute Gasteiger partial charge is 0.276 e. The maximum atomic E-state index is 13.7. The SMILES string of the molecule is CCN(CC)S(=O)(=O)c1cc(-c2c(C(=O)Nc3cccc(C)c3C)nn3c(C)cc(C)nc23)ccc1OC. The lowest BCUT2D eigenvalue weighted by molar-refractivity contribution is 0.102. The number of benzene rings is 2. The van der Waals surface area contributed by atoms with Gasteiger partial charge < -0.3 is 10.1 Å². The highest BCUT2D eigenvalue weighted by atomic mass is 32.2. The van der Waals surface area contributed by atoms with Gasteiger partial charge >= 0.3 is 0 Å². The number of carbonyl (C=O) groups excluding carboxylic acids is 1. The molecule has 1 amide bonds. The molecule has 0 atom stereocenters. The zero-order valence-electron chi connectivity index (χ0n) is 22.8. The molecule has 0 saturated heterocycles. The molecule has 0 fully saturated rings. The number of anilines is 1. The summed E-state index contributed by atoms with van der Waals surface area (Å²) in [5.41, 5.74) is 5.77. The van der Waals surface area contributed by atoms with Crippen LogP contribution >= 0.6 is 0 Å². The van der Waals surface area contributed by atoms with Crippen molar-refractivity contribution in [1.82, 2.24) is 18.9 Å². The van der Waals surface area contributed by atoms with Crippen LogP contribution in [0.5, 0.6) is 5.75 Å². The van der Waals surface area contributed by atoms with Gasteiger partial charge in [0, 0.05) is 30.2 Å². The van der Waals surface area contributed by atoms with Crippen molar-refractivity contribution in [3.8, 4) is 16.9 Å². The highest BCUT2D eigenvalue weighted by molar-refractivity contribution is 7.89. The van der Waals surface area contributed by atoms with Gasteiger partial charge in [0.15, 0.2) is 11.3 Å². The Balaban J connectivity index is 1.97. The molecule has 0 aliphatic carbocycles. The summed E-state index contributed by atoms with van der Waals surface area (Å²) in [5, 5.41) is 7.61. The molecule has 200 valence electrons. The molecule has 0 unspecified atom stereocenters. The average Bonchev–Trinajstić information content (AvgIpc) is 3.27. The van der Waals surface area contributed by atoms with Crippen LogP contribution in [0.4, 0.5) is 5.69 Å². The Kier molecular flexibility index (Phi) is 7.57. The maximum Gasteiger partial charge on any atom is 0.276 e. The maximum absolute atomic E-state index is 13.7. The van der Waals surface area contributed by atoms with E-state index >= 15 is 0 Å². The number of nitrogens with one attached hydrogen (secondary N) is 1. The molecule has 4 rings (SSSR count). The van der Waals surface area contributed by atoms with Crippen LogP contribution in [0.2, 0.25) is 0 Å². The summed E-state index contributed by atoms with van der Waals surface area (Å²) in [7, 11) is -2.43. The fourth-order valence-electron chi connectivity index (χ4n) is 4.55. The van der Waals surface area contributed by atoms with Crippen LogP contribution in [0.3, 0.4) is 0 Å². The number of methoxy groups -OCH3 is 1. The van der Waals surface area contributed by atoms with Crippen molar-refractivity contribution in [2.24, 2.45) is 0 Å². The van der Waals surface area contributed by atoms with Crippen molar-refractivity contribution < 1.29 is 17.9 Å². The highest BCUT2D eigenvalue weighted by Gasteiger charge is 2.29. The standard InChI is InChI=1S/C28H33N5O4S/c1-8-32(9-2)38(35,36)24-16-21(13-14-23(24)37-7)25-26(31-33-19(5)15-18(4)29-27(25)33)28(34)30-22-12-10-11-17(3)20(22)6/h10-16H,8-9H2,1-7H3,(H,30,34). The first kappa shape index (κ1) is 27.3. The van der Waals surface area contributed by atoms with Gasteiger partial charge in [-0.05, 0) is 68.7 Å². The van der Waals surface area contributed by atoms with Crippen molar-refractivity contribution >= 4 is 27.3 Å². The van der Waals surface area contributed by atoms with Gasteiger partial charge in [0.05, 0.1) is 12.7 Å². The van der Waals surface area contributed by atoms with Gasteiger partial charge in [-0.2, -0.15) is 9.40 Å². The summed E-state index contributed by atoms with van der Waals surface area (Å²) in [6.07, 6.45) is 0. The van der Waals surface area contributed by atoms with Crippen LogP contribution in [0.1, 0.15) is 46.9 Å². The summed E-state index contributed by atoms with van der Waals surface area (Å²) in [6, 6.07) is 12.4. The Morgan fingerprint density at radius 1 is 1.05 bits per heavy atom. The second-order valence-corrected chi connectivity index (χ2v) is 11.1. The molecule has 0 radical (unpaired) electrons. The first-order valence-electron chi connectivity index (χ1n) is 12.5. The Morgan fingerprint density at radius 3 is 2.42 bits per heavy atom. The predicted octanol–water partition coefficient (Wildman–Crippen LogP) is 4.92. The number of ether oxygens (including phenoxy) is 1. The van der Waals surface area contributed by atoms with E-state index in [0.717, 1.165) is 22.5 Å². The fourth-order valence-corrected chi connectivity index (χ4v) is 6.19. The molecule has 0 aliphatic rings. The molecule has 4 aromatic rings. The van der Waals surface area contributed by atoms with Crippen LogP contribution in [0.15, 0.2) is 47.4 Å². The van der Waals surface area contributed by atoms with Crippen LogP contribution < -0.4 is 10.1 Å². The minimum atomic E-state index is -3.86. The first-order valence-corrected chi connectivity index (χ1v) is 13.9. The van der Waals surface area contributed by atoms with Crippen LogP contribution in [-0.4, -0.2) is 53.4 Å². The molecule has 2 aromatic carbocycles. The molecule has 0 aliphatic heterocycles. The molecule has 1 N–H and O–H groups in total. The van der Waals surface area contributed by atoms with Gasteiger partial charge in [-0.15, -0.1) is 0 Å². The number of carbonyl (C=O) groups is 1. The van der Waals surface area contributed by atoms with E-state index in [1.54, 1.807) is 30.5 Å². The number of hydrogen-bond acceptors (Lipinski definition) is 6. The fraction of sp³-hybridized carbons (Fsp3) is 0.321. The van der Waals surface area contributed by atoms with E-state index < -0.39 is 15.9 Å². The van der Waals surface area contributed by atoms with Crippen molar-refractivity contribution in [3.63, 3.8) is 0 Å². The highest BCUT2D eigenvalue weighted by Crippen LogP contribution is 2.35. The molecule has 0 saturated carbocycles. The Labute approximate surface area is 223 Å². The number of rotatable bonds is 8. The predicted molar refractivity (Wildman–Crippen MR) is 148 cm³/mol. The third kappa shape index (κ3) is 4.77. The van der Waals surface area contributed by atoms with Gasteiger partial charge in [0.25, 0.3) is 5.91 Å². The first-order chi connectivity index (χ1) is 18.0. The lowest BCUT2D eigenvalue weighted by atomic mass is 10.0. The molecular weight excluding hydrogens is 502 g/mol. The van der Waals surface area contributed by atoms with E-state index in [-0.39, 0.29) is 16.3 Å². The van der Waals surface area contributed by atoms with E-state index in [4.69, 9.17) is 4.74 Å². The van der Waals surface area contributed by atoms with Crippen molar-refractivity contribution in [1.29, 1.82) is 0 Å². The van der Waals surface area contributed by atoms with Crippen molar-refractivity contribution in [2.45, 2.75) is 46.4 Å². The topological polar surface area (TPSA) is 106 Å². The van der Waals surface area contributed by atoms with E-state index in [0.29, 0.717) is 35.6 Å². The number of hydrogen-bond donors (Lipinski definition) is 1. The lowest BCUT2D eigenvalue weighted by Crippen LogP contribution is -2.30. The van der Waals surface area contributed by atoms with Gasteiger partial charge in [0.1, 0.15) is 10.6 Å². The van der Waals surface area contributed by atoms with E-state index in [9.17, 15) is 13.2 Å². The number of aromatic nitrogens is 3. The molecule has 9 nitrogen and oxygen atoms in total. The zero-order chi connectivity index (χ0) is 27.8. The van der Waals surface area contributed by atoms with Crippen molar-refractivity contribution in [3.05, 3.63) is 70.7 Å². The minimum Gasteiger partial charge on any atom is -0.495 e. The number of nitrogens with zero attached hydrogens (tertiary/aromatic N) is 4. The van der Waals surface area contributed by atoms with E-state index in [2.05, 4.69) is 15.4 Å². The quantitative estimate of drug-likeness (QED) is 0.343.